The minimum atomic E-state index is -2.89. The first-order valence-electron chi connectivity index (χ1n) is 25.3. The van der Waals surface area contributed by atoms with Crippen LogP contribution in [0.3, 0.4) is 0 Å². The number of rotatable bonds is 12. The lowest BCUT2D eigenvalue weighted by Gasteiger charge is -2.72. The summed E-state index contributed by atoms with van der Waals surface area (Å²) < 4.78 is 36.6. The summed E-state index contributed by atoms with van der Waals surface area (Å²) in [6.07, 6.45) is 17.9. The minimum Gasteiger partial charge on any atom is -0.476 e. The van der Waals surface area contributed by atoms with Gasteiger partial charge in [0.15, 0.2) is 9.84 Å². The molecule has 1 aliphatic heterocycles. The number of fused-ring (bicyclic) bond motifs is 7. The first-order chi connectivity index (χ1) is 31.4. The van der Waals surface area contributed by atoms with Gasteiger partial charge in [-0.25, -0.2) is 13.4 Å². The van der Waals surface area contributed by atoms with Gasteiger partial charge in [-0.05, 0) is 158 Å². The van der Waals surface area contributed by atoms with Crippen LogP contribution in [0.5, 0.6) is 5.88 Å². The molecule has 4 saturated carbocycles. The molecule has 6 aliphatic carbocycles. The summed E-state index contributed by atoms with van der Waals surface area (Å²) in [5.41, 5.74) is 5.33. The number of sulfone groups is 1. The van der Waals surface area contributed by atoms with Gasteiger partial charge in [0.05, 0.1) is 11.5 Å². The Bertz CT molecular complexity index is 2390. The van der Waals surface area contributed by atoms with Gasteiger partial charge in [0, 0.05) is 37.8 Å². The van der Waals surface area contributed by atoms with Crippen molar-refractivity contribution < 1.29 is 22.7 Å². The fourth-order valence-electron chi connectivity index (χ4n) is 16.2. The van der Waals surface area contributed by atoms with Gasteiger partial charge in [-0.3, -0.25) is 4.79 Å². The Morgan fingerprint density at radius 2 is 1.67 bits per heavy atom. The van der Waals surface area contributed by atoms with Gasteiger partial charge in [0.2, 0.25) is 5.88 Å². The van der Waals surface area contributed by atoms with Gasteiger partial charge >= 0.3 is 5.97 Å². The second-order valence-electron chi connectivity index (χ2n) is 23.3. The smallest absolute Gasteiger partial charge is 0.316 e. The first-order valence-corrected chi connectivity index (χ1v) is 27.2. The van der Waals surface area contributed by atoms with Crippen LogP contribution in [0.1, 0.15) is 130 Å². The summed E-state index contributed by atoms with van der Waals surface area (Å²) >= 11 is 0. The molecular weight excluding hydrogens is 841 g/mol. The molecule has 10 atom stereocenters. The average molecular weight is 917 g/mol. The number of carbonyl (C=O) groups excluding carboxylic acids is 1. The third-order valence-corrected chi connectivity index (χ3v) is 21.5. The predicted molar refractivity (Wildman–Crippen MR) is 261 cm³/mol. The zero-order valence-corrected chi connectivity index (χ0v) is 41.6. The highest BCUT2D eigenvalue weighted by Gasteiger charge is 2.70. The molecule has 10 heteroatoms. The molecular formula is C56H76N4O5S. The number of hydrogen-bond acceptors (Lipinski definition) is 9. The number of allylic oxidation sites excluding steroid dienone is 5. The highest BCUT2D eigenvalue weighted by Crippen LogP contribution is 2.76. The Morgan fingerprint density at radius 1 is 0.894 bits per heavy atom. The number of nitrogens with zero attached hydrogens (tertiary/aromatic N) is 3. The number of pyridine rings is 1. The highest BCUT2D eigenvalue weighted by atomic mass is 32.2. The van der Waals surface area contributed by atoms with Crippen LogP contribution in [0.15, 0.2) is 84.0 Å². The number of benzene rings is 1. The predicted octanol–water partition coefficient (Wildman–Crippen LogP) is 10.4. The average Bonchev–Trinajstić information content (AvgIpc) is 3.69. The maximum Gasteiger partial charge on any atom is 0.316 e. The number of esters is 1. The van der Waals surface area contributed by atoms with Crippen LogP contribution >= 0.6 is 0 Å². The number of nitriles is 1. The number of ether oxygens (including phenoxy) is 2. The molecule has 9 nitrogen and oxygen atoms in total. The molecule has 0 amide bonds. The topological polar surface area (TPSA) is 122 Å². The van der Waals surface area contributed by atoms with E-state index in [0.29, 0.717) is 61.4 Å². The van der Waals surface area contributed by atoms with Crippen molar-refractivity contribution in [2.75, 3.05) is 44.3 Å². The SMILES string of the molecule is C=C(C)[C@@H]1CC[C@]2(NCCN3CCS(=O)(=O)CC3)CC[C@]3(C)[C@H](CC[C@@H]4[C@@]5(C)CC=C(C6=CCC(COc7cccc(C#N)n7)(C(=O)OCc7ccccc7)CC6)C(C)(C)[C@@H]5CC[C@]43C)[C@@H]12. The van der Waals surface area contributed by atoms with Crippen molar-refractivity contribution in [1.29, 1.82) is 5.26 Å². The Hall–Kier alpha value is -3.78. The lowest BCUT2D eigenvalue weighted by molar-refractivity contribution is -0.221. The molecule has 1 unspecified atom stereocenters. The van der Waals surface area contributed by atoms with E-state index in [1.54, 1.807) is 18.2 Å². The summed E-state index contributed by atoms with van der Waals surface area (Å²) in [7, 11) is -2.89. The van der Waals surface area contributed by atoms with Crippen molar-refractivity contribution >= 4 is 15.8 Å². The summed E-state index contributed by atoms with van der Waals surface area (Å²) in [5.74, 6) is 3.63. The summed E-state index contributed by atoms with van der Waals surface area (Å²) in [6.45, 7) is 23.6. The molecule has 9 rings (SSSR count). The summed E-state index contributed by atoms with van der Waals surface area (Å²) in [5, 5.41) is 13.7. The van der Waals surface area contributed by atoms with E-state index < -0.39 is 15.3 Å². The lowest BCUT2D eigenvalue weighted by atomic mass is 9.33. The molecule has 66 heavy (non-hydrogen) atoms. The first kappa shape index (κ1) is 47.3. The van der Waals surface area contributed by atoms with Crippen LogP contribution < -0.4 is 10.1 Å². The standard InChI is InChI=1S/C56H76N4O5S/c1-39(2)43-20-27-56(58-30-31-60-32-34-66(62,63)35-33-60)29-28-53(6)45(49(43)56)16-17-47-52(5)23-21-44(51(3,4)46(52)22-24-54(47,53)7)41-18-25-55(26-19-41,38-65-48-15-11-14-42(36-57)59-48)50(61)64-37-40-12-9-8-10-13-40/h8-15,18,21,43,45-47,49,58H,1,16-17,19-20,22-35,37-38H2,2-7H3/t43-,45+,46-,47+,49+,52-,53+,54+,55?,56-/m0/s1. The van der Waals surface area contributed by atoms with E-state index in [0.717, 1.165) is 31.5 Å². The summed E-state index contributed by atoms with van der Waals surface area (Å²) in [6, 6.07) is 17.1. The quantitative estimate of drug-likeness (QED) is 0.164. The van der Waals surface area contributed by atoms with Crippen LogP contribution in [0.2, 0.25) is 0 Å². The number of hydrogen-bond donors (Lipinski definition) is 1. The third kappa shape index (κ3) is 8.13. The molecule has 0 radical (unpaired) electrons. The Morgan fingerprint density at radius 3 is 2.38 bits per heavy atom. The van der Waals surface area contributed by atoms with E-state index in [1.807, 2.05) is 30.3 Å². The van der Waals surface area contributed by atoms with E-state index in [-0.39, 0.29) is 63.6 Å². The fourth-order valence-corrected chi connectivity index (χ4v) is 17.5. The van der Waals surface area contributed by atoms with Crippen LogP contribution in [0.4, 0.5) is 0 Å². The molecule has 5 fully saturated rings. The lowest BCUT2D eigenvalue weighted by Crippen LogP contribution is -2.68. The van der Waals surface area contributed by atoms with Gasteiger partial charge in [0.1, 0.15) is 30.4 Å². The second-order valence-corrected chi connectivity index (χ2v) is 25.6. The molecule has 2 heterocycles. The largest absolute Gasteiger partial charge is 0.476 e. The number of aromatic nitrogens is 1. The molecule has 0 spiro atoms. The Labute approximate surface area is 396 Å². The molecule has 7 aliphatic rings. The van der Waals surface area contributed by atoms with Gasteiger partial charge in [-0.1, -0.05) is 95.3 Å². The van der Waals surface area contributed by atoms with Crippen LogP contribution in [0.25, 0.3) is 0 Å². The van der Waals surface area contributed by atoms with Gasteiger partial charge in [-0.2, -0.15) is 5.26 Å². The normalized spacial score (nSPS) is 37.9. The van der Waals surface area contributed by atoms with Gasteiger partial charge in [0.25, 0.3) is 0 Å². The Kier molecular flexibility index (Phi) is 12.6. The zero-order valence-electron chi connectivity index (χ0n) is 40.8. The van der Waals surface area contributed by atoms with Crippen LogP contribution in [-0.2, 0) is 26.0 Å². The molecule has 0 bridgehead atoms. The van der Waals surface area contributed by atoms with E-state index in [2.05, 4.69) is 81.5 Å². The molecule has 356 valence electrons. The maximum atomic E-state index is 14.2. The van der Waals surface area contributed by atoms with Crippen molar-refractivity contribution in [2.24, 2.45) is 56.7 Å². The number of carbonyl (C=O) groups is 1. The van der Waals surface area contributed by atoms with E-state index >= 15 is 0 Å². The molecule has 1 aromatic carbocycles. The van der Waals surface area contributed by atoms with Crippen LogP contribution in [0, 0.1) is 68.0 Å². The Balaban J connectivity index is 0.936. The summed E-state index contributed by atoms with van der Waals surface area (Å²) in [4.78, 5) is 20.9. The molecule has 1 aromatic heterocycles. The van der Waals surface area contributed by atoms with Crippen molar-refractivity contribution in [1.82, 2.24) is 15.2 Å². The second kappa shape index (κ2) is 17.6. The molecule has 1 N–H and O–H groups in total. The number of nitrogens with one attached hydrogen (secondary N) is 1. The molecule has 1 saturated heterocycles. The van der Waals surface area contributed by atoms with Crippen molar-refractivity contribution in [3.63, 3.8) is 0 Å². The third-order valence-electron chi connectivity index (χ3n) is 19.9. The monoisotopic (exact) mass is 917 g/mol. The van der Waals surface area contributed by atoms with Crippen molar-refractivity contribution in [3.8, 4) is 11.9 Å². The van der Waals surface area contributed by atoms with Crippen molar-refractivity contribution in [2.45, 2.75) is 131 Å². The van der Waals surface area contributed by atoms with E-state index in [1.165, 1.54) is 68.1 Å². The minimum absolute atomic E-state index is 0.0232. The van der Waals surface area contributed by atoms with Gasteiger partial charge in [-0.15, -0.1) is 0 Å². The maximum absolute atomic E-state index is 14.2. The van der Waals surface area contributed by atoms with Gasteiger partial charge < -0.3 is 19.7 Å². The molecule has 2 aromatic rings. The highest BCUT2D eigenvalue weighted by molar-refractivity contribution is 7.91. The van der Waals surface area contributed by atoms with Crippen LogP contribution in [-0.4, -0.2) is 74.1 Å². The van der Waals surface area contributed by atoms with E-state index in [9.17, 15) is 18.5 Å². The van der Waals surface area contributed by atoms with Crippen molar-refractivity contribution in [3.05, 3.63) is 95.2 Å². The fraction of sp³-hybridized carbons (Fsp3) is 0.661. The zero-order chi connectivity index (χ0) is 46.8. The van der Waals surface area contributed by atoms with E-state index in [4.69, 9.17) is 9.47 Å².